The fourth-order valence-corrected chi connectivity index (χ4v) is 4.01. The van der Waals surface area contributed by atoms with Crippen LogP contribution in [0.5, 0.6) is 0 Å². The van der Waals surface area contributed by atoms with E-state index < -0.39 is 44.4 Å². The molecule has 0 aromatic rings. The molecule has 12 heteroatoms. The van der Waals surface area contributed by atoms with Crippen molar-refractivity contribution in [2.24, 2.45) is 0 Å². The SMILES string of the molecule is CC(C)(C)OP(=O)(OCOC(=O)N(CC(=O)O)C[C@H]1COCCN1)OC(C)(C)C. The highest BCUT2D eigenvalue weighted by Gasteiger charge is 2.37. The Balaban J connectivity index is 2.70. The first-order chi connectivity index (χ1) is 13.2. The molecule has 0 saturated carbocycles. The van der Waals surface area contributed by atoms with Crippen molar-refractivity contribution in [1.29, 1.82) is 0 Å². The molecule has 1 fully saturated rings. The number of carbonyl (C=O) groups excluding carboxylic acids is 1. The highest BCUT2D eigenvalue weighted by atomic mass is 31.2. The number of hydrogen-bond donors (Lipinski definition) is 2. The third kappa shape index (κ3) is 11.5. The molecular weight excluding hydrogens is 407 g/mol. The lowest BCUT2D eigenvalue weighted by atomic mass is 10.2. The van der Waals surface area contributed by atoms with Crippen LogP contribution >= 0.6 is 7.82 Å². The molecular formula is C17H33N2O9P. The summed E-state index contributed by atoms with van der Waals surface area (Å²) < 4.78 is 39.2. The molecule has 170 valence electrons. The zero-order valence-electron chi connectivity index (χ0n) is 17.9. The number of ether oxygens (including phenoxy) is 2. The molecule has 1 rings (SSSR count). The van der Waals surface area contributed by atoms with Crippen molar-refractivity contribution in [2.45, 2.75) is 58.8 Å². The van der Waals surface area contributed by atoms with Gasteiger partial charge in [-0.05, 0) is 41.5 Å². The number of rotatable bonds is 9. The van der Waals surface area contributed by atoms with Crippen LogP contribution in [0.3, 0.4) is 0 Å². The van der Waals surface area contributed by atoms with Crippen LogP contribution in [0.15, 0.2) is 0 Å². The Morgan fingerprint density at radius 3 is 2.21 bits per heavy atom. The summed E-state index contributed by atoms with van der Waals surface area (Å²) in [5, 5.41) is 12.2. The van der Waals surface area contributed by atoms with Crippen LogP contribution in [0, 0.1) is 0 Å². The molecule has 1 heterocycles. The van der Waals surface area contributed by atoms with Crippen molar-refractivity contribution in [2.75, 3.05) is 39.6 Å². The van der Waals surface area contributed by atoms with E-state index in [1.54, 1.807) is 41.5 Å². The molecule has 1 saturated heterocycles. The van der Waals surface area contributed by atoms with E-state index >= 15 is 0 Å². The molecule has 0 aromatic heterocycles. The molecule has 1 atom stereocenters. The van der Waals surface area contributed by atoms with Crippen LogP contribution in [-0.4, -0.2) is 79.0 Å². The van der Waals surface area contributed by atoms with E-state index in [1.807, 2.05) is 0 Å². The Labute approximate surface area is 171 Å². The van der Waals surface area contributed by atoms with Gasteiger partial charge in [-0.3, -0.25) is 18.7 Å². The molecule has 1 aliphatic heterocycles. The predicted molar refractivity (Wildman–Crippen MR) is 104 cm³/mol. The monoisotopic (exact) mass is 440 g/mol. The molecule has 0 aromatic carbocycles. The Morgan fingerprint density at radius 1 is 1.17 bits per heavy atom. The number of carboxylic acids is 1. The number of carboxylic acid groups (broad SMARTS) is 1. The molecule has 0 unspecified atom stereocenters. The molecule has 0 bridgehead atoms. The smallest absolute Gasteiger partial charge is 0.478 e. The number of phosphoric ester groups is 1. The topological polar surface area (TPSA) is 133 Å². The number of morpholine rings is 1. The maximum absolute atomic E-state index is 12.9. The molecule has 0 spiro atoms. The second-order valence-corrected chi connectivity index (χ2v) is 10.0. The standard InChI is InChI=1S/C17H33N2O9P/c1-16(2,3)27-29(23,28-17(4,5)6)26-12-25-15(22)19(10-14(20)21)9-13-11-24-8-7-18-13/h13,18H,7-12H2,1-6H3,(H,20,21)/t13-/m0/s1. The number of carbonyl (C=O) groups is 2. The number of hydrogen-bond acceptors (Lipinski definition) is 9. The zero-order valence-corrected chi connectivity index (χ0v) is 18.8. The Morgan fingerprint density at radius 2 is 1.76 bits per heavy atom. The summed E-state index contributed by atoms with van der Waals surface area (Å²) in [7, 11) is -4.06. The van der Waals surface area contributed by atoms with Crippen LogP contribution in [0.1, 0.15) is 41.5 Å². The number of aliphatic carboxylic acids is 1. The van der Waals surface area contributed by atoms with Crippen molar-refractivity contribution >= 4 is 19.9 Å². The van der Waals surface area contributed by atoms with Gasteiger partial charge in [0.2, 0.25) is 6.79 Å². The molecule has 1 amide bonds. The van der Waals surface area contributed by atoms with Gasteiger partial charge in [0, 0.05) is 19.1 Å². The van der Waals surface area contributed by atoms with E-state index in [2.05, 4.69) is 5.32 Å². The third-order valence-electron chi connectivity index (χ3n) is 3.19. The van der Waals surface area contributed by atoms with Gasteiger partial charge in [0.15, 0.2) is 0 Å². The predicted octanol–water partition coefficient (Wildman–Crippen LogP) is 2.21. The zero-order chi connectivity index (χ0) is 22.3. The number of amides is 1. The van der Waals surface area contributed by atoms with Gasteiger partial charge in [0.25, 0.3) is 0 Å². The fourth-order valence-electron chi connectivity index (χ4n) is 2.34. The van der Waals surface area contributed by atoms with E-state index in [4.69, 9.17) is 28.2 Å². The van der Waals surface area contributed by atoms with E-state index in [0.29, 0.717) is 19.8 Å². The van der Waals surface area contributed by atoms with Gasteiger partial charge in [-0.1, -0.05) is 0 Å². The maximum Gasteiger partial charge on any atom is 0.478 e. The molecule has 0 aliphatic carbocycles. The first-order valence-corrected chi connectivity index (χ1v) is 10.8. The van der Waals surface area contributed by atoms with E-state index in [9.17, 15) is 14.2 Å². The third-order valence-corrected chi connectivity index (χ3v) is 5.15. The van der Waals surface area contributed by atoms with Gasteiger partial charge >= 0.3 is 19.9 Å². The Kier molecular flexibility index (Phi) is 9.52. The van der Waals surface area contributed by atoms with Crippen molar-refractivity contribution in [3.8, 4) is 0 Å². The van der Waals surface area contributed by atoms with Crippen molar-refractivity contribution in [1.82, 2.24) is 10.2 Å². The van der Waals surface area contributed by atoms with Crippen LogP contribution in [0.25, 0.3) is 0 Å². The van der Waals surface area contributed by atoms with Crippen LogP contribution in [0.4, 0.5) is 4.79 Å². The van der Waals surface area contributed by atoms with Gasteiger partial charge in [-0.25, -0.2) is 13.9 Å². The second kappa shape index (κ2) is 10.7. The van der Waals surface area contributed by atoms with E-state index in [1.165, 1.54) is 0 Å². The molecule has 0 radical (unpaired) electrons. The summed E-state index contributed by atoms with van der Waals surface area (Å²) in [5.74, 6) is -1.20. The van der Waals surface area contributed by atoms with Gasteiger partial charge in [-0.2, -0.15) is 0 Å². The number of phosphoric acid groups is 1. The maximum atomic E-state index is 12.9. The largest absolute Gasteiger partial charge is 0.480 e. The summed E-state index contributed by atoms with van der Waals surface area (Å²) in [4.78, 5) is 24.4. The average molecular weight is 440 g/mol. The van der Waals surface area contributed by atoms with Crippen molar-refractivity contribution in [3.05, 3.63) is 0 Å². The minimum atomic E-state index is -4.06. The highest BCUT2D eigenvalue weighted by Crippen LogP contribution is 2.55. The summed E-state index contributed by atoms with van der Waals surface area (Å²) >= 11 is 0. The highest BCUT2D eigenvalue weighted by molar-refractivity contribution is 7.48. The van der Waals surface area contributed by atoms with Crippen LogP contribution < -0.4 is 5.32 Å². The van der Waals surface area contributed by atoms with Crippen molar-refractivity contribution < 1.29 is 42.3 Å². The van der Waals surface area contributed by atoms with Gasteiger partial charge < -0.3 is 19.9 Å². The minimum absolute atomic E-state index is 0.0692. The summed E-state index contributed by atoms with van der Waals surface area (Å²) in [6, 6.07) is -0.226. The first kappa shape index (κ1) is 25.8. The minimum Gasteiger partial charge on any atom is -0.480 e. The Bertz CT molecular complexity index is 575. The molecule has 1 aliphatic rings. The summed E-state index contributed by atoms with van der Waals surface area (Å²) in [5.41, 5.74) is -1.68. The average Bonchev–Trinajstić information content (AvgIpc) is 2.50. The van der Waals surface area contributed by atoms with Gasteiger partial charge in [0.05, 0.1) is 24.4 Å². The van der Waals surface area contributed by atoms with Crippen molar-refractivity contribution in [3.63, 3.8) is 0 Å². The fraction of sp³-hybridized carbons (Fsp3) is 0.882. The van der Waals surface area contributed by atoms with Gasteiger partial charge in [-0.15, -0.1) is 0 Å². The van der Waals surface area contributed by atoms with Crippen LogP contribution in [0.2, 0.25) is 0 Å². The summed E-state index contributed by atoms with van der Waals surface area (Å²) in [6.45, 7) is 10.3. The molecule has 2 N–H and O–H groups in total. The lowest BCUT2D eigenvalue weighted by Crippen LogP contribution is -2.51. The van der Waals surface area contributed by atoms with Crippen LogP contribution in [-0.2, 0) is 32.4 Å². The normalized spacial score (nSPS) is 18.3. The lowest BCUT2D eigenvalue weighted by Gasteiger charge is -2.31. The van der Waals surface area contributed by atoms with Gasteiger partial charge in [0.1, 0.15) is 6.54 Å². The Hall–Kier alpha value is -1.23. The summed E-state index contributed by atoms with van der Waals surface area (Å²) in [6.07, 6.45) is -0.933. The molecule has 11 nitrogen and oxygen atoms in total. The van der Waals surface area contributed by atoms with E-state index in [-0.39, 0.29) is 12.6 Å². The molecule has 29 heavy (non-hydrogen) atoms. The first-order valence-electron chi connectivity index (χ1n) is 9.30. The number of nitrogens with zero attached hydrogens (tertiary/aromatic N) is 1. The number of nitrogens with one attached hydrogen (secondary N) is 1. The lowest BCUT2D eigenvalue weighted by molar-refractivity contribution is -0.138. The second-order valence-electron chi connectivity index (χ2n) is 8.51. The quantitative estimate of drug-likeness (QED) is 0.406. The van der Waals surface area contributed by atoms with E-state index in [0.717, 1.165) is 4.90 Å².